The summed E-state index contributed by atoms with van der Waals surface area (Å²) < 4.78 is 6.46. The minimum atomic E-state index is -1.60. The Kier molecular flexibility index (Phi) is 7.20. The maximum absolute atomic E-state index is 14.2. The van der Waals surface area contributed by atoms with E-state index in [0.717, 1.165) is 12.8 Å². The fourth-order valence-corrected chi connectivity index (χ4v) is 7.42. The molecule has 8 N–H and O–H groups in total. The first kappa shape index (κ1) is 28.5. The number of thiophene rings is 1. The van der Waals surface area contributed by atoms with E-state index in [2.05, 4.69) is 27.4 Å². The predicted molar refractivity (Wildman–Crippen MR) is 164 cm³/mol. The van der Waals surface area contributed by atoms with Crippen molar-refractivity contribution < 1.29 is 19.1 Å². The second-order valence-corrected chi connectivity index (χ2v) is 11.9. The molecule has 220 valence electrons. The van der Waals surface area contributed by atoms with Crippen LogP contribution in [0, 0.1) is 6.92 Å². The van der Waals surface area contributed by atoms with Gasteiger partial charge >= 0.3 is 0 Å². The molecule has 2 amide bonds. The van der Waals surface area contributed by atoms with Gasteiger partial charge in [-0.25, -0.2) is 0 Å². The number of amides is 2. The van der Waals surface area contributed by atoms with E-state index in [1.54, 1.807) is 48.7 Å². The van der Waals surface area contributed by atoms with Crippen molar-refractivity contribution in [3.8, 4) is 11.6 Å². The number of ketones is 1. The van der Waals surface area contributed by atoms with Crippen LogP contribution in [0.15, 0.2) is 61.3 Å². The van der Waals surface area contributed by atoms with Crippen LogP contribution in [0.1, 0.15) is 57.2 Å². The molecule has 0 saturated heterocycles. The average molecular weight is 598 g/mol. The Hall–Kier alpha value is -4.65. The number of benzene rings is 2. The first-order chi connectivity index (χ1) is 20.6. The Morgan fingerprint density at radius 3 is 2.58 bits per heavy atom. The van der Waals surface area contributed by atoms with E-state index in [9.17, 15) is 14.4 Å². The maximum atomic E-state index is 14.2. The highest BCUT2D eigenvalue weighted by Gasteiger charge is 2.49. The molecule has 12 heteroatoms. The number of nitrogens with one attached hydrogen (secondary N) is 2. The number of carbonyl (C=O) groups is 3. The molecular formula is C31H31N7O4S. The molecule has 1 fully saturated rings. The molecule has 2 aromatic heterocycles. The Balaban J connectivity index is 1.40. The third kappa shape index (κ3) is 4.73. The molecular weight excluding hydrogens is 566 g/mol. The number of anilines is 1. The quantitative estimate of drug-likeness (QED) is 0.157. The number of carbonyl (C=O) groups excluding carboxylic acids is 3. The monoisotopic (exact) mass is 597 g/mol. The van der Waals surface area contributed by atoms with E-state index in [1.807, 2.05) is 6.92 Å². The van der Waals surface area contributed by atoms with E-state index in [1.165, 1.54) is 17.4 Å². The summed E-state index contributed by atoms with van der Waals surface area (Å²) in [5, 5.41) is 14.3. The Labute approximate surface area is 251 Å². The van der Waals surface area contributed by atoms with Crippen molar-refractivity contribution in [2.24, 2.45) is 11.5 Å². The van der Waals surface area contributed by atoms with Crippen LogP contribution in [0.4, 0.5) is 5.69 Å². The highest BCUT2D eigenvalue weighted by Crippen LogP contribution is 2.50. The van der Waals surface area contributed by atoms with Gasteiger partial charge in [0.25, 0.3) is 5.91 Å². The van der Waals surface area contributed by atoms with Crippen molar-refractivity contribution in [1.29, 1.82) is 0 Å². The van der Waals surface area contributed by atoms with E-state index >= 15 is 0 Å². The van der Waals surface area contributed by atoms with Crippen molar-refractivity contribution >= 4 is 44.7 Å². The molecule has 2 heterocycles. The minimum Gasteiger partial charge on any atom is -0.438 e. The van der Waals surface area contributed by atoms with Gasteiger partial charge < -0.3 is 32.6 Å². The zero-order chi connectivity index (χ0) is 30.5. The van der Waals surface area contributed by atoms with Crippen molar-refractivity contribution in [2.45, 2.75) is 49.9 Å². The zero-order valence-electron chi connectivity index (χ0n) is 23.4. The number of nitrogen functional groups attached to an aromatic ring is 1. The SMILES string of the molecule is C=CC(=O)N[C@H]1CCC[C@H]1NC(=O)c1sc2c(N)ccc3c2c1C(N)C(=O)C3(N)c1ccc(Oc2cccnn2)cc1C. The van der Waals surface area contributed by atoms with Gasteiger partial charge in [-0.2, -0.15) is 5.10 Å². The number of aromatic nitrogens is 2. The number of aryl methyl sites for hydroxylation is 1. The van der Waals surface area contributed by atoms with Gasteiger partial charge in [0.15, 0.2) is 5.78 Å². The summed E-state index contributed by atoms with van der Waals surface area (Å²) in [5.41, 5.74) is 21.2. The number of Topliss-reactive ketones (excluding diaryl/α,β-unsaturated/α-hetero) is 1. The van der Waals surface area contributed by atoms with Crippen LogP contribution in [0.2, 0.25) is 0 Å². The summed E-state index contributed by atoms with van der Waals surface area (Å²) in [6.07, 6.45) is 5.04. The Morgan fingerprint density at radius 2 is 1.88 bits per heavy atom. The molecule has 6 rings (SSSR count). The van der Waals surface area contributed by atoms with Gasteiger partial charge in [0.05, 0.1) is 15.6 Å². The van der Waals surface area contributed by atoms with E-state index in [0.29, 0.717) is 61.0 Å². The van der Waals surface area contributed by atoms with Gasteiger partial charge in [-0.15, -0.1) is 16.4 Å². The van der Waals surface area contributed by atoms with Crippen molar-refractivity contribution in [2.75, 3.05) is 5.73 Å². The topological polar surface area (TPSA) is 188 Å². The molecule has 4 atom stereocenters. The lowest BCUT2D eigenvalue weighted by molar-refractivity contribution is -0.124. The fraction of sp³-hybridized carbons (Fsp3) is 0.258. The van der Waals surface area contributed by atoms with Crippen LogP contribution < -0.4 is 32.6 Å². The summed E-state index contributed by atoms with van der Waals surface area (Å²) in [5.74, 6) is -0.281. The van der Waals surface area contributed by atoms with Crippen molar-refractivity contribution in [3.05, 3.63) is 88.4 Å². The molecule has 0 radical (unpaired) electrons. The Bertz CT molecular complexity index is 1790. The maximum Gasteiger partial charge on any atom is 0.262 e. The summed E-state index contributed by atoms with van der Waals surface area (Å²) >= 11 is 1.19. The molecule has 1 saturated carbocycles. The zero-order valence-corrected chi connectivity index (χ0v) is 24.2. The molecule has 2 aliphatic carbocycles. The number of hydrogen-bond donors (Lipinski definition) is 5. The van der Waals surface area contributed by atoms with E-state index in [-0.39, 0.29) is 23.9 Å². The van der Waals surface area contributed by atoms with Crippen LogP contribution in [0.3, 0.4) is 0 Å². The minimum absolute atomic E-state index is 0.225. The molecule has 2 unspecified atom stereocenters. The number of hydrogen-bond acceptors (Lipinski definition) is 10. The summed E-state index contributed by atoms with van der Waals surface area (Å²) in [6.45, 7) is 5.34. The summed E-state index contributed by atoms with van der Waals surface area (Å²) in [6, 6.07) is 10.4. The molecule has 2 aromatic carbocycles. The largest absolute Gasteiger partial charge is 0.438 e. The summed E-state index contributed by atoms with van der Waals surface area (Å²) in [7, 11) is 0. The van der Waals surface area contributed by atoms with Crippen LogP contribution in [0.5, 0.6) is 11.6 Å². The number of ether oxygens (including phenoxy) is 1. The first-order valence-corrected chi connectivity index (χ1v) is 14.7. The molecule has 0 aliphatic heterocycles. The lowest BCUT2D eigenvalue weighted by Crippen LogP contribution is -2.53. The van der Waals surface area contributed by atoms with Crippen LogP contribution >= 0.6 is 11.3 Å². The molecule has 0 bridgehead atoms. The Morgan fingerprint density at radius 1 is 1.14 bits per heavy atom. The third-order valence-electron chi connectivity index (χ3n) is 8.26. The molecule has 2 aliphatic rings. The highest BCUT2D eigenvalue weighted by atomic mass is 32.1. The predicted octanol–water partition coefficient (Wildman–Crippen LogP) is 3.11. The van der Waals surface area contributed by atoms with Crippen molar-refractivity contribution in [3.63, 3.8) is 0 Å². The van der Waals surface area contributed by atoms with Gasteiger partial charge in [0, 0.05) is 41.0 Å². The first-order valence-electron chi connectivity index (χ1n) is 13.9. The second kappa shape index (κ2) is 10.9. The second-order valence-electron chi connectivity index (χ2n) is 10.9. The molecule has 11 nitrogen and oxygen atoms in total. The van der Waals surface area contributed by atoms with E-state index in [4.69, 9.17) is 21.9 Å². The standard InChI is InChI=1S/C31H31N7O4S/c1-3-22(39)36-20-6-4-7-21(20)37-30(41)28-25-24-18(11-12-19(32)27(24)43-28)31(34,29(40)26(25)33)17-10-9-16(14-15(17)2)42-23-8-5-13-35-38-23/h3,5,8-14,20-21,26H,1,4,6-7,32-34H2,2H3,(H,36,39)(H,37,41)/t20-,21+,26?,31?/m0/s1. The van der Waals surface area contributed by atoms with Gasteiger partial charge in [0.2, 0.25) is 11.8 Å². The van der Waals surface area contributed by atoms with Crippen LogP contribution in [-0.4, -0.2) is 39.9 Å². The average Bonchev–Trinajstić information content (AvgIpc) is 3.61. The highest BCUT2D eigenvalue weighted by molar-refractivity contribution is 7.21. The number of nitrogens with zero attached hydrogens (tertiary/aromatic N) is 2. The lowest BCUT2D eigenvalue weighted by atomic mass is 9.69. The fourth-order valence-electron chi connectivity index (χ4n) is 6.21. The molecule has 43 heavy (non-hydrogen) atoms. The van der Waals surface area contributed by atoms with E-state index < -0.39 is 17.4 Å². The van der Waals surface area contributed by atoms with Gasteiger partial charge in [-0.3, -0.25) is 14.4 Å². The number of rotatable bonds is 7. The van der Waals surface area contributed by atoms with Gasteiger partial charge in [-0.05, 0) is 73.2 Å². The van der Waals surface area contributed by atoms with Gasteiger partial charge in [0.1, 0.15) is 11.3 Å². The lowest BCUT2D eigenvalue weighted by Gasteiger charge is -2.37. The smallest absolute Gasteiger partial charge is 0.262 e. The van der Waals surface area contributed by atoms with Crippen LogP contribution in [-0.2, 0) is 15.1 Å². The number of nitrogens with two attached hydrogens (primary N) is 3. The van der Waals surface area contributed by atoms with Crippen molar-refractivity contribution in [1.82, 2.24) is 20.8 Å². The van der Waals surface area contributed by atoms with Gasteiger partial charge in [-0.1, -0.05) is 18.7 Å². The normalized spacial score (nSPS) is 22.8. The van der Waals surface area contributed by atoms with Crippen LogP contribution in [0.25, 0.3) is 10.1 Å². The molecule has 4 aromatic rings. The molecule has 0 spiro atoms. The third-order valence-corrected chi connectivity index (χ3v) is 9.51. The summed E-state index contributed by atoms with van der Waals surface area (Å²) in [4.78, 5) is 40.1.